The molecule has 1 saturated carbocycles. The van der Waals surface area contributed by atoms with Gasteiger partial charge in [-0.25, -0.2) is 9.59 Å². The highest BCUT2D eigenvalue weighted by molar-refractivity contribution is 5.92. The molecule has 4 fully saturated rings. The van der Waals surface area contributed by atoms with Crippen molar-refractivity contribution < 1.29 is 33.6 Å². The second-order valence-corrected chi connectivity index (χ2v) is 7.77. The highest BCUT2D eigenvalue weighted by atomic mass is 16.7. The zero-order valence-electron chi connectivity index (χ0n) is 14.8. The van der Waals surface area contributed by atoms with Gasteiger partial charge in [-0.05, 0) is 6.92 Å². The van der Waals surface area contributed by atoms with Crippen molar-refractivity contribution in [2.75, 3.05) is 6.61 Å². The van der Waals surface area contributed by atoms with E-state index in [0.29, 0.717) is 0 Å². The SMILES string of the molecule is C=C[C@@]1(C)[C@H]2[C@@H](OC(=O)C(=C)C)[C@@H]3C(=C)C(=O)O[C@H]3[C@@H]1O[C@@H](O)[C@@]21CO1. The lowest BCUT2D eigenvalue weighted by molar-refractivity contribution is -0.314. The number of carbonyl (C=O) groups excluding carboxylic acids is 2. The molecule has 0 unspecified atom stereocenters. The topological polar surface area (TPSA) is 94.6 Å². The summed E-state index contributed by atoms with van der Waals surface area (Å²) in [4.78, 5) is 24.5. The molecule has 3 saturated heterocycles. The molecule has 26 heavy (non-hydrogen) atoms. The number of ether oxygens (including phenoxy) is 4. The molecule has 8 atom stereocenters. The summed E-state index contributed by atoms with van der Waals surface area (Å²) in [5.74, 6) is -2.19. The molecule has 1 spiro atoms. The Morgan fingerprint density at radius 2 is 2.12 bits per heavy atom. The van der Waals surface area contributed by atoms with E-state index in [1.165, 1.54) is 0 Å². The second-order valence-electron chi connectivity index (χ2n) is 7.77. The molecule has 0 aromatic carbocycles. The lowest BCUT2D eigenvalue weighted by atomic mass is 9.54. The monoisotopic (exact) mass is 362 g/mol. The van der Waals surface area contributed by atoms with Crippen molar-refractivity contribution in [3.05, 3.63) is 37.0 Å². The number of aliphatic hydroxyl groups excluding tert-OH is 1. The number of epoxide rings is 1. The molecule has 1 N–H and O–H groups in total. The van der Waals surface area contributed by atoms with Crippen LogP contribution in [0.5, 0.6) is 0 Å². The molecular formula is C19H22O7. The zero-order chi connectivity index (χ0) is 19.0. The van der Waals surface area contributed by atoms with Crippen molar-refractivity contribution in [2.24, 2.45) is 17.3 Å². The zero-order valence-corrected chi connectivity index (χ0v) is 14.8. The summed E-state index contributed by atoms with van der Waals surface area (Å²) in [6.07, 6.45) is -1.69. The summed E-state index contributed by atoms with van der Waals surface area (Å²) in [5, 5.41) is 10.5. The largest absolute Gasteiger partial charge is 0.458 e. The average molecular weight is 362 g/mol. The van der Waals surface area contributed by atoms with E-state index >= 15 is 0 Å². The van der Waals surface area contributed by atoms with E-state index in [9.17, 15) is 14.7 Å². The van der Waals surface area contributed by atoms with Crippen LogP contribution in [0.2, 0.25) is 0 Å². The molecule has 0 amide bonds. The first-order valence-electron chi connectivity index (χ1n) is 8.54. The Labute approximate surface area is 151 Å². The van der Waals surface area contributed by atoms with Gasteiger partial charge in [0.05, 0.1) is 12.5 Å². The predicted octanol–water partition coefficient (Wildman–Crippen LogP) is 0.880. The van der Waals surface area contributed by atoms with Gasteiger partial charge >= 0.3 is 11.9 Å². The van der Waals surface area contributed by atoms with Gasteiger partial charge in [0, 0.05) is 22.5 Å². The third-order valence-corrected chi connectivity index (χ3v) is 6.25. The molecule has 1 aliphatic carbocycles. The Hall–Kier alpha value is -1.96. The molecule has 7 nitrogen and oxygen atoms in total. The summed E-state index contributed by atoms with van der Waals surface area (Å²) < 4.78 is 22.7. The Balaban J connectivity index is 1.86. The van der Waals surface area contributed by atoms with Crippen molar-refractivity contribution >= 4 is 11.9 Å². The van der Waals surface area contributed by atoms with Crippen LogP contribution in [0, 0.1) is 17.3 Å². The summed E-state index contributed by atoms with van der Waals surface area (Å²) >= 11 is 0. The van der Waals surface area contributed by atoms with Crippen molar-refractivity contribution in [1.29, 1.82) is 0 Å². The minimum absolute atomic E-state index is 0.228. The van der Waals surface area contributed by atoms with Crippen LogP contribution in [0.15, 0.2) is 37.0 Å². The maximum atomic E-state index is 12.3. The molecule has 7 heteroatoms. The molecule has 3 aliphatic heterocycles. The van der Waals surface area contributed by atoms with Gasteiger partial charge in [-0.3, -0.25) is 0 Å². The van der Waals surface area contributed by atoms with Crippen LogP contribution in [-0.2, 0) is 28.5 Å². The fraction of sp³-hybridized carbons (Fsp3) is 0.579. The van der Waals surface area contributed by atoms with E-state index < -0.39 is 59.4 Å². The van der Waals surface area contributed by atoms with Gasteiger partial charge < -0.3 is 24.1 Å². The number of aliphatic hydroxyl groups is 1. The normalized spacial score (nSPS) is 48.6. The van der Waals surface area contributed by atoms with Gasteiger partial charge in [-0.2, -0.15) is 0 Å². The van der Waals surface area contributed by atoms with E-state index in [0.717, 1.165) is 0 Å². The number of hydrogen-bond donors (Lipinski definition) is 1. The standard InChI is InChI=1S/C19H22O7/c1-6-18(5)13-11(24-15(20)8(2)3)10-9(4)16(21)25-12(10)14(18)26-17(22)19(13)7-23-19/h6,10-14,17,22H,1-2,4,7H2,3,5H3/t10-,11-,12+,13+,14-,17+,18-,19+/m0/s1. The smallest absolute Gasteiger partial charge is 0.334 e. The lowest BCUT2D eigenvalue weighted by Crippen LogP contribution is -2.71. The quantitative estimate of drug-likeness (QED) is 0.345. The number of rotatable bonds is 3. The summed E-state index contributed by atoms with van der Waals surface area (Å²) in [5.41, 5.74) is -1.30. The van der Waals surface area contributed by atoms with Gasteiger partial charge in [0.1, 0.15) is 23.9 Å². The lowest BCUT2D eigenvalue weighted by Gasteiger charge is -2.58. The Bertz CT molecular complexity index is 736. The van der Waals surface area contributed by atoms with Gasteiger partial charge in [-0.15, -0.1) is 6.58 Å². The van der Waals surface area contributed by atoms with Crippen LogP contribution in [0.3, 0.4) is 0 Å². The van der Waals surface area contributed by atoms with Gasteiger partial charge in [0.15, 0.2) is 6.29 Å². The molecule has 0 aromatic heterocycles. The van der Waals surface area contributed by atoms with Gasteiger partial charge in [0.2, 0.25) is 0 Å². The van der Waals surface area contributed by atoms with Crippen molar-refractivity contribution in [2.45, 2.75) is 44.1 Å². The fourth-order valence-corrected chi connectivity index (χ4v) is 4.78. The van der Waals surface area contributed by atoms with E-state index in [1.807, 2.05) is 6.92 Å². The third-order valence-electron chi connectivity index (χ3n) is 6.25. The van der Waals surface area contributed by atoms with Crippen LogP contribution in [0.25, 0.3) is 0 Å². The van der Waals surface area contributed by atoms with Crippen LogP contribution in [0.1, 0.15) is 13.8 Å². The number of fused-ring (bicyclic) bond motifs is 5. The molecule has 4 aliphatic rings. The van der Waals surface area contributed by atoms with Crippen LogP contribution in [0.4, 0.5) is 0 Å². The van der Waals surface area contributed by atoms with Crippen LogP contribution in [-0.4, -0.2) is 53.9 Å². The predicted molar refractivity (Wildman–Crippen MR) is 88.6 cm³/mol. The van der Waals surface area contributed by atoms with Gasteiger partial charge in [0.25, 0.3) is 0 Å². The highest BCUT2D eigenvalue weighted by Crippen LogP contribution is 2.63. The first-order chi connectivity index (χ1) is 12.2. The van der Waals surface area contributed by atoms with E-state index in [2.05, 4.69) is 19.7 Å². The number of carbonyl (C=O) groups is 2. The van der Waals surface area contributed by atoms with Crippen molar-refractivity contribution in [1.82, 2.24) is 0 Å². The molecule has 2 bridgehead atoms. The molecule has 4 rings (SSSR count). The van der Waals surface area contributed by atoms with E-state index in [4.69, 9.17) is 18.9 Å². The second kappa shape index (κ2) is 5.28. The van der Waals surface area contributed by atoms with Crippen molar-refractivity contribution in [3.63, 3.8) is 0 Å². The molecule has 140 valence electrons. The molecule has 0 aromatic rings. The number of hydrogen-bond acceptors (Lipinski definition) is 7. The minimum atomic E-state index is -1.22. The van der Waals surface area contributed by atoms with E-state index in [-0.39, 0.29) is 17.8 Å². The summed E-state index contributed by atoms with van der Waals surface area (Å²) in [6, 6.07) is 0. The Morgan fingerprint density at radius 3 is 2.65 bits per heavy atom. The molecule has 0 radical (unpaired) electrons. The average Bonchev–Trinajstić information content (AvgIpc) is 3.32. The van der Waals surface area contributed by atoms with E-state index in [1.54, 1.807) is 13.0 Å². The third kappa shape index (κ3) is 1.99. The van der Waals surface area contributed by atoms with Crippen LogP contribution >= 0.6 is 0 Å². The molecule has 3 heterocycles. The summed E-state index contributed by atoms with van der Waals surface area (Å²) in [7, 11) is 0. The summed E-state index contributed by atoms with van der Waals surface area (Å²) in [6.45, 7) is 15.1. The molecular weight excluding hydrogens is 340 g/mol. The first-order valence-corrected chi connectivity index (χ1v) is 8.54. The Kier molecular flexibility index (Phi) is 3.54. The number of esters is 2. The first kappa shape index (κ1) is 17.5. The minimum Gasteiger partial charge on any atom is -0.458 e. The Morgan fingerprint density at radius 1 is 1.46 bits per heavy atom. The maximum absolute atomic E-state index is 12.3. The maximum Gasteiger partial charge on any atom is 0.334 e. The van der Waals surface area contributed by atoms with Gasteiger partial charge in [-0.1, -0.05) is 26.2 Å². The fourth-order valence-electron chi connectivity index (χ4n) is 4.78. The van der Waals surface area contributed by atoms with Crippen LogP contribution < -0.4 is 0 Å². The highest BCUT2D eigenvalue weighted by Gasteiger charge is 2.77. The van der Waals surface area contributed by atoms with Crippen molar-refractivity contribution in [3.8, 4) is 0 Å².